The summed E-state index contributed by atoms with van der Waals surface area (Å²) in [6, 6.07) is 5.03. The van der Waals surface area contributed by atoms with Crippen molar-refractivity contribution < 1.29 is 22.6 Å². The molecule has 0 aliphatic rings. The zero-order valence-corrected chi connectivity index (χ0v) is 14.6. The van der Waals surface area contributed by atoms with Gasteiger partial charge < -0.3 is 9.47 Å². The van der Waals surface area contributed by atoms with Gasteiger partial charge in [-0.15, -0.1) is 16.8 Å². The minimum absolute atomic E-state index is 0.241. The number of aromatic nitrogens is 3. The number of rotatable bonds is 8. The molecule has 0 amide bonds. The highest BCUT2D eigenvalue weighted by Gasteiger charge is 2.31. The van der Waals surface area contributed by atoms with Gasteiger partial charge in [-0.05, 0) is 18.2 Å². The summed E-state index contributed by atoms with van der Waals surface area (Å²) < 4.78 is 51.0. The first-order valence-corrected chi connectivity index (χ1v) is 8.30. The number of halogens is 3. The number of hydrogen-bond donors (Lipinski definition) is 0. The van der Waals surface area contributed by atoms with Crippen molar-refractivity contribution in [2.75, 3.05) is 20.0 Å². The summed E-state index contributed by atoms with van der Waals surface area (Å²) in [4.78, 5) is 0. The fourth-order valence-electron chi connectivity index (χ4n) is 2.15. The Kier molecular flexibility index (Phi) is 6.63. The lowest BCUT2D eigenvalue weighted by Gasteiger charge is -2.16. The topological polar surface area (TPSA) is 49.2 Å². The Balaban J connectivity index is 2.49. The van der Waals surface area contributed by atoms with Crippen molar-refractivity contribution in [3.05, 3.63) is 48.3 Å². The van der Waals surface area contributed by atoms with Crippen molar-refractivity contribution in [2.45, 2.75) is 24.0 Å². The van der Waals surface area contributed by atoms with Crippen LogP contribution in [0.25, 0.3) is 5.69 Å². The maximum absolute atomic E-state index is 13.0. The van der Waals surface area contributed by atoms with Crippen molar-refractivity contribution in [1.82, 2.24) is 14.8 Å². The Morgan fingerprint density at radius 2 is 2.00 bits per heavy atom. The molecule has 0 N–H and O–H groups in total. The quantitative estimate of drug-likeness (QED) is 0.401. The lowest BCUT2D eigenvalue weighted by molar-refractivity contribution is -0.137. The number of alkyl halides is 3. The molecule has 0 radical (unpaired) electrons. The molecule has 0 unspecified atom stereocenters. The number of ether oxygens (including phenoxy) is 2. The molecule has 0 fully saturated rings. The maximum atomic E-state index is 13.0. The number of benzene rings is 1. The van der Waals surface area contributed by atoms with E-state index < -0.39 is 18.0 Å². The first-order chi connectivity index (χ1) is 11.9. The van der Waals surface area contributed by atoms with E-state index in [-0.39, 0.29) is 6.42 Å². The summed E-state index contributed by atoms with van der Waals surface area (Å²) in [7, 11) is 2.96. The van der Waals surface area contributed by atoms with E-state index in [1.54, 1.807) is 16.7 Å². The van der Waals surface area contributed by atoms with Crippen LogP contribution in [-0.4, -0.2) is 41.0 Å². The minimum atomic E-state index is -4.43. The van der Waals surface area contributed by atoms with Gasteiger partial charge in [0.1, 0.15) is 5.82 Å². The molecule has 1 aromatic carbocycles. The monoisotopic (exact) mass is 373 g/mol. The van der Waals surface area contributed by atoms with Crippen molar-refractivity contribution in [2.24, 2.45) is 0 Å². The molecule has 5 nitrogen and oxygen atoms in total. The van der Waals surface area contributed by atoms with E-state index in [9.17, 15) is 13.2 Å². The molecule has 0 aliphatic heterocycles. The van der Waals surface area contributed by atoms with E-state index in [2.05, 4.69) is 16.8 Å². The van der Waals surface area contributed by atoms with Gasteiger partial charge in [0, 0.05) is 25.7 Å². The zero-order valence-electron chi connectivity index (χ0n) is 13.8. The van der Waals surface area contributed by atoms with E-state index in [1.165, 1.54) is 32.0 Å². The van der Waals surface area contributed by atoms with Gasteiger partial charge in [-0.25, -0.2) is 0 Å². The summed E-state index contributed by atoms with van der Waals surface area (Å²) in [5.74, 6) is 0.995. The summed E-state index contributed by atoms with van der Waals surface area (Å²) in [6.45, 7) is 3.64. The van der Waals surface area contributed by atoms with Gasteiger partial charge in [0.25, 0.3) is 0 Å². The molecular formula is C16H18F3N3O2S. The fourth-order valence-corrected chi connectivity index (χ4v) is 2.86. The molecule has 1 heterocycles. The maximum Gasteiger partial charge on any atom is 0.416 e. The second-order valence-corrected chi connectivity index (χ2v) is 5.97. The van der Waals surface area contributed by atoms with Gasteiger partial charge in [0.15, 0.2) is 11.4 Å². The van der Waals surface area contributed by atoms with E-state index in [0.29, 0.717) is 22.4 Å². The van der Waals surface area contributed by atoms with Gasteiger partial charge in [0.05, 0.1) is 12.0 Å². The van der Waals surface area contributed by atoms with Gasteiger partial charge in [0.2, 0.25) is 0 Å². The fraction of sp³-hybridized carbons (Fsp3) is 0.375. The van der Waals surface area contributed by atoms with Crippen LogP contribution in [0.15, 0.2) is 42.1 Å². The Morgan fingerprint density at radius 1 is 1.28 bits per heavy atom. The highest BCUT2D eigenvalue weighted by Crippen LogP contribution is 2.31. The van der Waals surface area contributed by atoms with Crippen LogP contribution in [0.1, 0.15) is 11.4 Å². The predicted molar refractivity (Wildman–Crippen MR) is 88.8 cm³/mol. The molecule has 0 saturated carbocycles. The molecular weight excluding hydrogens is 355 g/mol. The molecule has 2 aromatic rings. The Bertz CT molecular complexity index is 715. The van der Waals surface area contributed by atoms with Crippen molar-refractivity contribution in [1.29, 1.82) is 0 Å². The Labute approximate surface area is 147 Å². The molecule has 1 aromatic heterocycles. The van der Waals surface area contributed by atoms with Crippen LogP contribution in [0, 0.1) is 0 Å². The van der Waals surface area contributed by atoms with E-state index >= 15 is 0 Å². The van der Waals surface area contributed by atoms with Crippen molar-refractivity contribution >= 4 is 11.8 Å². The average Bonchev–Trinajstić information content (AvgIpc) is 2.99. The van der Waals surface area contributed by atoms with Crippen LogP contribution in [0.4, 0.5) is 13.2 Å². The number of thioether (sulfide) groups is 1. The molecule has 136 valence electrons. The third-order valence-corrected chi connectivity index (χ3v) is 4.26. The van der Waals surface area contributed by atoms with Crippen LogP contribution in [0.5, 0.6) is 0 Å². The van der Waals surface area contributed by atoms with Crippen LogP contribution in [0.3, 0.4) is 0 Å². The van der Waals surface area contributed by atoms with Gasteiger partial charge >= 0.3 is 6.18 Å². The molecule has 0 spiro atoms. The van der Waals surface area contributed by atoms with Crippen LogP contribution in [0.2, 0.25) is 0 Å². The average molecular weight is 373 g/mol. The Morgan fingerprint density at radius 3 is 2.60 bits per heavy atom. The third kappa shape index (κ3) is 4.83. The minimum Gasteiger partial charge on any atom is -0.355 e. The Hall–Kier alpha value is -1.84. The van der Waals surface area contributed by atoms with Crippen LogP contribution >= 0.6 is 11.8 Å². The summed E-state index contributed by atoms with van der Waals surface area (Å²) in [6.07, 6.45) is -3.08. The van der Waals surface area contributed by atoms with E-state index in [1.807, 2.05) is 0 Å². The summed E-state index contributed by atoms with van der Waals surface area (Å²) in [5.41, 5.74) is -0.410. The smallest absolute Gasteiger partial charge is 0.355 e. The lowest BCUT2D eigenvalue weighted by atomic mass is 10.2. The van der Waals surface area contributed by atoms with Gasteiger partial charge in [-0.2, -0.15) is 13.2 Å². The molecule has 9 heteroatoms. The normalized spacial score (nSPS) is 11.9. The molecule has 0 bridgehead atoms. The second-order valence-electron chi connectivity index (χ2n) is 4.99. The lowest BCUT2D eigenvalue weighted by Crippen LogP contribution is -2.19. The van der Waals surface area contributed by atoms with Crippen LogP contribution < -0.4 is 0 Å². The van der Waals surface area contributed by atoms with Crippen molar-refractivity contribution in [3.63, 3.8) is 0 Å². The SMILES string of the molecule is C=CCSc1nnc(CC(OC)OC)n1-c1cccc(C(F)(F)F)c1. The van der Waals surface area contributed by atoms with Gasteiger partial charge in [-0.1, -0.05) is 23.9 Å². The largest absolute Gasteiger partial charge is 0.416 e. The molecule has 0 saturated heterocycles. The number of hydrogen-bond acceptors (Lipinski definition) is 5. The molecule has 2 rings (SSSR count). The standard InChI is InChI=1S/C16H18F3N3O2S/c1-4-8-25-15-21-20-13(10-14(23-2)24-3)22(15)12-7-5-6-11(9-12)16(17,18)19/h4-7,9,14H,1,8,10H2,2-3H3. The molecule has 0 atom stereocenters. The second kappa shape index (κ2) is 8.50. The summed E-state index contributed by atoms with van der Waals surface area (Å²) >= 11 is 1.33. The van der Waals surface area contributed by atoms with E-state index in [0.717, 1.165) is 12.1 Å². The van der Waals surface area contributed by atoms with E-state index in [4.69, 9.17) is 9.47 Å². The first-order valence-electron chi connectivity index (χ1n) is 7.32. The van der Waals surface area contributed by atoms with Crippen LogP contribution in [-0.2, 0) is 22.1 Å². The third-order valence-electron chi connectivity index (χ3n) is 3.34. The first kappa shape index (κ1) is 19.5. The highest BCUT2D eigenvalue weighted by atomic mass is 32.2. The van der Waals surface area contributed by atoms with Gasteiger partial charge in [-0.3, -0.25) is 4.57 Å². The van der Waals surface area contributed by atoms with Crippen molar-refractivity contribution in [3.8, 4) is 5.69 Å². The molecule has 0 aliphatic carbocycles. The number of methoxy groups -OCH3 is 2. The number of nitrogens with zero attached hydrogens (tertiary/aromatic N) is 3. The summed E-state index contributed by atoms with van der Waals surface area (Å²) in [5, 5.41) is 8.64. The highest BCUT2D eigenvalue weighted by molar-refractivity contribution is 7.99. The molecule has 25 heavy (non-hydrogen) atoms. The predicted octanol–water partition coefficient (Wildman–Crippen LogP) is 3.73. The zero-order chi connectivity index (χ0) is 18.4.